The number of benzene rings is 1. The quantitative estimate of drug-likeness (QED) is 0.608. The molecule has 0 aliphatic rings. The number of anilines is 1. The van der Waals surface area contributed by atoms with Crippen LogP contribution in [-0.4, -0.2) is 40.0 Å². The molecule has 0 aromatic heterocycles. The monoisotopic (exact) mass is 262 g/mol. The maximum atomic E-state index is 8.72. The van der Waals surface area contributed by atoms with Crippen molar-refractivity contribution in [3.05, 3.63) is 30.3 Å². The summed E-state index contributed by atoms with van der Waals surface area (Å²) in [5, 5.41) is 8.72. The van der Waals surface area contributed by atoms with Crippen LogP contribution in [0, 0.1) is 11.3 Å². The Hall–Kier alpha value is -1.57. The highest BCUT2D eigenvalue weighted by atomic mass is 16.5. The van der Waals surface area contributed by atoms with Crippen LogP contribution in [0.1, 0.15) is 12.8 Å². The standard InChI is InChI=1S/C15H22N2O2/c1-18-13-14-19-12-6-11-17(10-5-9-16)15-7-3-2-4-8-15/h2-4,7-8H,5-6,10-14H2,1H3. The van der Waals surface area contributed by atoms with Crippen LogP contribution in [0.4, 0.5) is 5.69 Å². The molecule has 0 aliphatic heterocycles. The predicted octanol–water partition coefficient (Wildman–Crippen LogP) is 2.46. The first-order valence-corrected chi connectivity index (χ1v) is 6.62. The first-order chi connectivity index (χ1) is 9.38. The molecule has 0 spiro atoms. The number of hydrogen-bond acceptors (Lipinski definition) is 4. The Morgan fingerprint density at radius 2 is 1.89 bits per heavy atom. The lowest BCUT2D eigenvalue weighted by molar-refractivity contribution is 0.0700. The Morgan fingerprint density at radius 1 is 1.11 bits per heavy atom. The van der Waals surface area contributed by atoms with Gasteiger partial charge in [0.15, 0.2) is 0 Å². The SMILES string of the molecule is COCCOCCCN(CCC#N)c1ccccc1. The zero-order valence-corrected chi connectivity index (χ0v) is 11.5. The highest BCUT2D eigenvalue weighted by Gasteiger charge is 2.05. The molecule has 0 amide bonds. The van der Waals surface area contributed by atoms with E-state index in [4.69, 9.17) is 14.7 Å². The van der Waals surface area contributed by atoms with E-state index in [-0.39, 0.29) is 0 Å². The minimum absolute atomic E-state index is 0.541. The van der Waals surface area contributed by atoms with Crippen molar-refractivity contribution in [3.63, 3.8) is 0 Å². The Kier molecular flexibility index (Phi) is 8.45. The molecule has 4 nitrogen and oxygen atoms in total. The van der Waals surface area contributed by atoms with Crippen molar-refractivity contribution in [3.8, 4) is 6.07 Å². The lowest BCUT2D eigenvalue weighted by Crippen LogP contribution is -2.26. The molecule has 0 atom stereocenters. The van der Waals surface area contributed by atoms with E-state index >= 15 is 0 Å². The molecule has 0 radical (unpaired) electrons. The summed E-state index contributed by atoms with van der Waals surface area (Å²) in [5.41, 5.74) is 1.16. The van der Waals surface area contributed by atoms with Crippen LogP contribution in [0.5, 0.6) is 0 Å². The van der Waals surface area contributed by atoms with Gasteiger partial charge in [0.1, 0.15) is 0 Å². The van der Waals surface area contributed by atoms with Crippen LogP contribution in [0.2, 0.25) is 0 Å². The van der Waals surface area contributed by atoms with Gasteiger partial charge in [0.05, 0.1) is 25.7 Å². The lowest BCUT2D eigenvalue weighted by Gasteiger charge is -2.23. The average molecular weight is 262 g/mol. The lowest BCUT2D eigenvalue weighted by atomic mass is 10.2. The molecule has 0 heterocycles. The summed E-state index contributed by atoms with van der Waals surface area (Å²) in [6.45, 7) is 3.66. The van der Waals surface area contributed by atoms with E-state index in [1.807, 2.05) is 18.2 Å². The highest BCUT2D eigenvalue weighted by Crippen LogP contribution is 2.13. The number of rotatable bonds is 10. The van der Waals surface area contributed by atoms with Gasteiger partial charge < -0.3 is 14.4 Å². The van der Waals surface area contributed by atoms with Gasteiger partial charge in [0.2, 0.25) is 0 Å². The molecule has 4 heteroatoms. The summed E-state index contributed by atoms with van der Waals surface area (Å²) in [7, 11) is 1.67. The molecule has 104 valence electrons. The molecule has 0 aliphatic carbocycles. The van der Waals surface area contributed by atoms with Gasteiger partial charge in [0.25, 0.3) is 0 Å². The zero-order chi connectivity index (χ0) is 13.8. The Morgan fingerprint density at radius 3 is 2.58 bits per heavy atom. The van der Waals surface area contributed by atoms with Gasteiger partial charge in [-0.2, -0.15) is 5.26 Å². The van der Waals surface area contributed by atoms with E-state index in [0.717, 1.165) is 31.8 Å². The largest absolute Gasteiger partial charge is 0.382 e. The van der Waals surface area contributed by atoms with Crippen molar-refractivity contribution in [1.29, 1.82) is 5.26 Å². The van der Waals surface area contributed by atoms with Crippen LogP contribution in [-0.2, 0) is 9.47 Å². The van der Waals surface area contributed by atoms with E-state index in [1.54, 1.807) is 7.11 Å². The fourth-order valence-corrected chi connectivity index (χ4v) is 1.80. The van der Waals surface area contributed by atoms with Crippen LogP contribution in [0.15, 0.2) is 30.3 Å². The summed E-state index contributed by atoms with van der Waals surface area (Å²) < 4.78 is 10.4. The molecule has 1 rings (SSSR count). The summed E-state index contributed by atoms with van der Waals surface area (Å²) >= 11 is 0. The van der Waals surface area contributed by atoms with Crippen molar-refractivity contribution < 1.29 is 9.47 Å². The number of ether oxygens (including phenoxy) is 2. The smallest absolute Gasteiger partial charge is 0.0700 e. The number of nitriles is 1. The van der Waals surface area contributed by atoms with Gasteiger partial charge in [0, 0.05) is 32.5 Å². The van der Waals surface area contributed by atoms with Crippen LogP contribution < -0.4 is 4.90 Å². The molecule has 1 aromatic carbocycles. The summed E-state index contributed by atoms with van der Waals surface area (Å²) in [6, 6.07) is 12.4. The van der Waals surface area contributed by atoms with Crippen molar-refractivity contribution in [1.82, 2.24) is 0 Å². The Labute approximate surface area is 115 Å². The van der Waals surface area contributed by atoms with Crippen molar-refractivity contribution in [2.75, 3.05) is 44.9 Å². The maximum Gasteiger partial charge on any atom is 0.0700 e. The van der Waals surface area contributed by atoms with E-state index in [1.165, 1.54) is 0 Å². The van der Waals surface area contributed by atoms with E-state index in [2.05, 4.69) is 23.1 Å². The molecule has 0 unspecified atom stereocenters. The van der Waals surface area contributed by atoms with E-state index in [9.17, 15) is 0 Å². The third kappa shape index (κ3) is 6.80. The number of para-hydroxylation sites is 1. The topological polar surface area (TPSA) is 45.5 Å². The minimum atomic E-state index is 0.541. The summed E-state index contributed by atoms with van der Waals surface area (Å²) in [5.74, 6) is 0. The molecule has 0 saturated heterocycles. The maximum absolute atomic E-state index is 8.72. The summed E-state index contributed by atoms with van der Waals surface area (Å²) in [6.07, 6.45) is 1.49. The Balaban J connectivity index is 2.32. The van der Waals surface area contributed by atoms with Gasteiger partial charge in [-0.25, -0.2) is 0 Å². The Bertz CT molecular complexity index is 362. The number of hydrogen-bond donors (Lipinski definition) is 0. The first kappa shape index (κ1) is 15.5. The van der Waals surface area contributed by atoms with Crippen LogP contribution >= 0.6 is 0 Å². The van der Waals surface area contributed by atoms with Gasteiger partial charge >= 0.3 is 0 Å². The second kappa shape index (κ2) is 10.4. The van der Waals surface area contributed by atoms with E-state index in [0.29, 0.717) is 19.6 Å². The fraction of sp³-hybridized carbons (Fsp3) is 0.533. The number of methoxy groups -OCH3 is 1. The van der Waals surface area contributed by atoms with Gasteiger partial charge in [-0.1, -0.05) is 18.2 Å². The molecule has 19 heavy (non-hydrogen) atoms. The van der Waals surface area contributed by atoms with Crippen molar-refractivity contribution in [2.24, 2.45) is 0 Å². The van der Waals surface area contributed by atoms with Crippen LogP contribution in [0.25, 0.3) is 0 Å². The zero-order valence-electron chi connectivity index (χ0n) is 11.5. The van der Waals surface area contributed by atoms with Gasteiger partial charge in [-0.15, -0.1) is 0 Å². The third-order valence-corrected chi connectivity index (χ3v) is 2.76. The molecule has 0 bridgehead atoms. The molecule has 0 fully saturated rings. The summed E-state index contributed by atoms with van der Waals surface area (Å²) in [4.78, 5) is 2.23. The molecule has 0 N–H and O–H groups in total. The third-order valence-electron chi connectivity index (χ3n) is 2.76. The second-order valence-electron chi connectivity index (χ2n) is 4.19. The fourth-order valence-electron chi connectivity index (χ4n) is 1.80. The molecule has 1 aromatic rings. The van der Waals surface area contributed by atoms with Gasteiger partial charge in [-0.3, -0.25) is 0 Å². The molecular weight excluding hydrogens is 240 g/mol. The predicted molar refractivity (Wildman–Crippen MR) is 76.2 cm³/mol. The number of nitrogens with zero attached hydrogens (tertiary/aromatic N) is 2. The minimum Gasteiger partial charge on any atom is -0.382 e. The molecular formula is C15H22N2O2. The molecule has 0 saturated carbocycles. The van der Waals surface area contributed by atoms with Crippen molar-refractivity contribution in [2.45, 2.75) is 12.8 Å². The van der Waals surface area contributed by atoms with E-state index < -0.39 is 0 Å². The van der Waals surface area contributed by atoms with Gasteiger partial charge in [-0.05, 0) is 18.6 Å². The average Bonchev–Trinajstić information content (AvgIpc) is 2.46. The normalized spacial score (nSPS) is 10.1. The van der Waals surface area contributed by atoms with Crippen molar-refractivity contribution >= 4 is 5.69 Å². The second-order valence-corrected chi connectivity index (χ2v) is 4.19. The first-order valence-electron chi connectivity index (χ1n) is 6.62. The highest BCUT2D eigenvalue weighted by molar-refractivity contribution is 5.45. The van der Waals surface area contributed by atoms with Crippen LogP contribution in [0.3, 0.4) is 0 Å².